The molecule has 0 aliphatic heterocycles. The lowest BCUT2D eigenvalue weighted by molar-refractivity contribution is -0.151. The Bertz CT molecular complexity index is 351. The van der Waals surface area contributed by atoms with Gasteiger partial charge in [0.2, 0.25) is 0 Å². The Kier molecular flexibility index (Phi) is 6.38. The monoisotopic (exact) mass is 316 g/mol. The molecule has 2 saturated carbocycles. The van der Waals surface area contributed by atoms with Crippen LogP contribution in [-0.4, -0.2) is 44.6 Å². The predicted octanol–water partition coefficient (Wildman–Crippen LogP) is 2.02. The summed E-state index contributed by atoms with van der Waals surface area (Å²) < 4.78 is 0. The van der Waals surface area contributed by atoms with Gasteiger partial charge < -0.3 is 20.4 Å². The molecular weight excluding hydrogens is 288 g/mol. The van der Waals surface area contributed by atoms with Gasteiger partial charge in [-0.3, -0.25) is 9.59 Å². The van der Waals surface area contributed by atoms with E-state index in [-0.39, 0.29) is 12.2 Å². The second-order valence-electron chi connectivity index (χ2n) is 7.19. The molecule has 2 aliphatic rings. The fraction of sp³-hybridized carbons (Fsp3) is 0.875. The standard InChI is InChI=1S/2C8H14O3/c2*1-8(7(10)11)4-2-6(9)3-5-8/h2*6,9H,2-5H2,1H3,(H,10,11). The van der Waals surface area contributed by atoms with Gasteiger partial charge in [-0.25, -0.2) is 0 Å². The van der Waals surface area contributed by atoms with Crippen molar-refractivity contribution in [3.8, 4) is 0 Å². The first-order valence-electron chi connectivity index (χ1n) is 7.92. The first-order valence-corrected chi connectivity index (χ1v) is 7.92. The maximum atomic E-state index is 10.7. The van der Waals surface area contributed by atoms with Crippen molar-refractivity contribution in [3.63, 3.8) is 0 Å². The summed E-state index contributed by atoms with van der Waals surface area (Å²) in [6.45, 7) is 3.50. The van der Waals surface area contributed by atoms with Crippen molar-refractivity contribution in [1.82, 2.24) is 0 Å². The van der Waals surface area contributed by atoms with E-state index in [1.54, 1.807) is 13.8 Å². The molecule has 0 aromatic rings. The van der Waals surface area contributed by atoms with E-state index in [9.17, 15) is 9.59 Å². The summed E-state index contributed by atoms with van der Waals surface area (Å²) in [7, 11) is 0. The van der Waals surface area contributed by atoms with E-state index >= 15 is 0 Å². The Hall–Kier alpha value is -1.14. The molecule has 2 rings (SSSR count). The number of hydrogen-bond donors (Lipinski definition) is 4. The van der Waals surface area contributed by atoms with Gasteiger partial charge in [-0.1, -0.05) is 0 Å². The van der Waals surface area contributed by atoms with Gasteiger partial charge >= 0.3 is 11.9 Å². The van der Waals surface area contributed by atoms with Crippen LogP contribution in [0.2, 0.25) is 0 Å². The molecule has 0 amide bonds. The zero-order valence-corrected chi connectivity index (χ0v) is 13.4. The third-order valence-electron chi connectivity index (χ3n) is 5.15. The summed E-state index contributed by atoms with van der Waals surface area (Å²) in [6.07, 6.45) is 4.36. The Labute approximate surface area is 131 Å². The van der Waals surface area contributed by atoms with Gasteiger partial charge in [-0.2, -0.15) is 0 Å². The fourth-order valence-corrected chi connectivity index (χ4v) is 2.91. The number of aliphatic hydroxyl groups excluding tert-OH is 2. The average Bonchev–Trinajstić information content (AvgIpc) is 2.46. The smallest absolute Gasteiger partial charge is 0.309 e. The fourth-order valence-electron chi connectivity index (χ4n) is 2.91. The van der Waals surface area contributed by atoms with Crippen molar-refractivity contribution >= 4 is 11.9 Å². The van der Waals surface area contributed by atoms with Gasteiger partial charge in [-0.15, -0.1) is 0 Å². The van der Waals surface area contributed by atoms with Crippen molar-refractivity contribution < 1.29 is 30.0 Å². The summed E-state index contributed by atoms with van der Waals surface area (Å²) in [5.41, 5.74) is -1.17. The minimum absolute atomic E-state index is 0.276. The van der Waals surface area contributed by atoms with Crippen molar-refractivity contribution in [1.29, 1.82) is 0 Å². The van der Waals surface area contributed by atoms with Gasteiger partial charge in [0.05, 0.1) is 23.0 Å². The molecule has 0 aromatic heterocycles. The highest BCUT2D eigenvalue weighted by molar-refractivity contribution is 5.74. The summed E-state index contributed by atoms with van der Waals surface area (Å²) in [5, 5.41) is 35.9. The molecule has 0 heterocycles. The summed E-state index contributed by atoms with van der Waals surface area (Å²) >= 11 is 0. The zero-order valence-electron chi connectivity index (χ0n) is 13.4. The van der Waals surface area contributed by atoms with Crippen LogP contribution in [0.5, 0.6) is 0 Å². The topological polar surface area (TPSA) is 115 Å². The van der Waals surface area contributed by atoms with Crippen LogP contribution in [0.25, 0.3) is 0 Å². The van der Waals surface area contributed by atoms with E-state index in [2.05, 4.69) is 0 Å². The predicted molar refractivity (Wildman–Crippen MR) is 80.4 cm³/mol. The maximum Gasteiger partial charge on any atom is 0.309 e. The molecule has 0 atom stereocenters. The largest absolute Gasteiger partial charge is 0.481 e. The highest BCUT2D eigenvalue weighted by Gasteiger charge is 2.37. The van der Waals surface area contributed by atoms with Gasteiger partial charge in [0.1, 0.15) is 0 Å². The van der Waals surface area contributed by atoms with E-state index < -0.39 is 22.8 Å². The normalized spacial score (nSPS) is 38.5. The summed E-state index contributed by atoms with van der Waals surface area (Å²) in [4.78, 5) is 21.4. The number of aliphatic hydroxyl groups is 2. The Balaban J connectivity index is 0.000000220. The van der Waals surface area contributed by atoms with Crippen LogP contribution in [0, 0.1) is 10.8 Å². The van der Waals surface area contributed by atoms with Gasteiger partial charge in [0, 0.05) is 0 Å². The SMILES string of the molecule is CC1(C(=O)O)CCC(O)CC1.CC1(C(=O)O)CCC(O)CC1. The van der Waals surface area contributed by atoms with Crippen LogP contribution in [-0.2, 0) is 9.59 Å². The van der Waals surface area contributed by atoms with Crippen molar-refractivity contribution in [2.45, 2.75) is 77.4 Å². The Morgan fingerprint density at radius 3 is 1.14 bits per heavy atom. The molecule has 6 heteroatoms. The van der Waals surface area contributed by atoms with E-state index in [0.29, 0.717) is 51.4 Å². The van der Waals surface area contributed by atoms with E-state index in [4.69, 9.17) is 20.4 Å². The van der Waals surface area contributed by atoms with Crippen LogP contribution < -0.4 is 0 Å². The molecule has 6 nitrogen and oxygen atoms in total. The average molecular weight is 316 g/mol. The lowest BCUT2D eigenvalue weighted by Gasteiger charge is -2.31. The lowest BCUT2D eigenvalue weighted by Crippen LogP contribution is -2.33. The molecule has 128 valence electrons. The Morgan fingerprint density at radius 2 is 0.955 bits per heavy atom. The number of carboxylic acids is 2. The summed E-state index contributed by atoms with van der Waals surface area (Å²) in [6, 6.07) is 0. The highest BCUT2D eigenvalue weighted by Crippen LogP contribution is 2.36. The number of carbonyl (C=O) groups is 2. The molecule has 0 spiro atoms. The Morgan fingerprint density at radius 1 is 0.727 bits per heavy atom. The number of carboxylic acid groups (broad SMARTS) is 2. The molecular formula is C16H28O6. The first kappa shape index (κ1) is 18.9. The highest BCUT2D eigenvalue weighted by atomic mass is 16.4. The number of rotatable bonds is 2. The van der Waals surface area contributed by atoms with Crippen LogP contribution in [0.3, 0.4) is 0 Å². The van der Waals surface area contributed by atoms with Crippen LogP contribution in [0.4, 0.5) is 0 Å². The van der Waals surface area contributed by atoms with Gasteiger partial charge in [0.25, 0.3) is 0 Å². The molecule has 0 saturated heterocycles. The second-order valence-corrected chi connectivity index (χ2v) is 7.19. The van der Waals surface area contributed by atoms with Crippen LogP contribution in [0.15, 0.2) is 0 Å². The number of aliphatic carboxylic acids is 2. The first-order chi connectivity index (χ1) is 10.1. The van der Waals surface area contributed by atoms with E-state index in [1.807, 2.05) is 0 Å². The quantitative estimate of drug-likeness (QED) is 0.619. The molecule has 4 N–H and O–H groups in total. The van der Waals surface area contributed by atoms with Gasteiger partial charge in [0.15, 0.2) is 0 Å². The van der Waals surface area contributed by atoms with Crippen molar-refractivity contribution in [3.05, 3.63) is 0 Å². The van der Waals surface area contributed by atoms with E-state index in [1.165, 1.54) is 0 Å². The molecule has 22 heavy (non-hydrogen) atoms. The van der Waals surface area contributed by atoms with Crippen LogP contribution >= 0.6 is 0 Å². The molecule has 0 unspecified atom stereocenters. The maximum absolute atomic E-state index is 10.7. The minimum Gasteiger partial charge on any atom is -0.481 e. The third-order valence-corrected chi connectivity index (χ3v) is 5.15. The second kappa shape index (κ2) is 7.42. The molecule has 2 aliphatic carbocycles. The van der Waals surface area contributed by atoms with Crippen molar-refractivity contribution in [2.75, 3.05) is 0 Å². The number of hydrogen-bond acceptors (Lipinski definition) is 4. The lowest BCUT2D eigenvalue weighted by atomic mass is 9.75. The third kappa shape index (κ3) is 4.95. The van der Waals surface area contributed by atoms with Crippen molar-refractivity contribution in [2.24, 2.45) is 10.8 Å². The minimum atomic E-state index is -0.732. The zero-order chi connectivity index (χ0) is 17.0. The summed E-state index contributed by atoms with van der Waals surface area (Å²) in [5.74, 6) is -1.46. The van der Waals surface area contributed by atoms with Gasteiger partial charge in [-0.05, 0) is 65.2 Å². The molecule has 0 radical (unpaired) electrons. The molecule has 2 fully saturated rings. The van der Waals surface area contributed by atoms with Crippen LogP contribution in [0.1, 0.15) is 65.2 Å². The molecule has 0 aromatic carbocycles. The van der Waals surface area contributed by atoms with E-state index in [0.717, 1.165) is 0 Å². The molecule has 0 bridgehead atoms.